The molecule has 3 aliphatic carbocycles. The highest BCUT2D eigenvalue weighted by atomic mass is 35.5. The summed E-state index contributed by atoms with van der Waals surface area (Å²) in [7, 11) is 0. The van der Waals surface area contributed by atoms with Gasteiger partial charge in [0.2, 0.25) is 11.8 Å². The molecule has 0 saturated carbocycles. The van der Waals surface area contributed by atoms with Crippen LogP contribution in [0.1, 0.15) is 44.4 Å². The zero-order chi connectivity index (χ0) is 26.2. The van der Waals surface area contributed by atoms with Crippen LogP contribution < -0.4 is 0 Å². The number of benzene rings is 3. The van der Waals surface area contributed by atoms with Gasteiger partial charge in [-0.05, 0) is 22.3 Å². The van der Waals surface area contributed by atoms with Gasteiger partial charge in [-0.3, -0.25) is 14.5 Å². The van der Waals surface area contributed by atoms with E-state index in [1.807, 2.05) is 48.5 Å². The molecule has 3 aromatic rings. The van der Waals surface area contributed by atoms with Gasteiger partial charge in [-0.15, -0.1) is 0 Å². The summed E-state index contributed by atoms with van der Waals surface area (Å²) >= 11 is 30.4. The number of carbonyl (C=O) groups excluding carboxylic acids is 3. The van der Waals surface area contributed by atoms with E-state index < -0.39 is 17.8 Å². The van der Waals surface area contributed by atoms with Crippen molar-refractivity contribution in [3.8, 4) is 0 Å². The molecule has 0 radical (unpaired) electrons. The van der Waals surface area contributed by atoms with Crippen molar-refractivity contribution >= 4 is 75.8 Å². The molecule has 1 heterocycles. The normalized spacial score (nSPS) is 23.1. The van der Waals surface area contributed by atoms with Gasteiger partial charge in [-0.25, -0.2) is 4.79 Å². The molecule has 2 atom stereocenters. The highest BCUT2D eigenvalue weighted by molar-refractivity contribution is 6.56. The first-order valence-electron chi connectivity index (χ1n) is 11.5. The smallest absolute Gasteiger partial charge is 0.341 e. The third-order valence-corrected chi connectivity index (χ3v) is 9.78. The van der Waals surface area contributed by atoms with Gasteiger partial charge in [0, 0.05) is 11.8 Å². The van der Waals surface area contributed by atoms with E-state index in [0.29, 0.717) is 0 Å². The van der Waals surface area contributed by atoms with Crippen molar-refractivity contribution in [2.24, 2.45) is 11.8 Å². The molecule has 1 fully saturated rings. The molecule has 0 N–H and O–H groups in total. The van der Waals surface area contributed by atoms with E-state index in [9.17, 15) is 14.4 Å². The number of rotatable bonds is 4. The second kappa shape index (κ2) is 9.18. The number of ether oxygens (including phenoxy) is 1. The standard InChI is InChI=1S/C27H16Cl5NO4/c28-20-19(21(29)23(31)24(32)22(20)30)27(36)37-10-9-33-25(34)17-15-11-5-1-2-6-12(11)16(18(17)26(33)35)14-8-4-3-7-13(14)15/h1-8,15-18H,9-10H2/t15?,16?,17-,18+. The number of esters is 1. The molecule has 1 saturated heterocycles. The van der Waals surface area contributed by atoms with E-state index in [1.54, 1.807) is 0 Å². The molecular weight excluding hydrogens is 580 g/mol. The van der Waals surface area contributed by atoms with E-state index in [-0.39, 0.29) is 67.5 Å². The first kappa shape index (κ1) is 25.0. The maximum absolute atomic E-state index is 13.6. The fourth-order valence-electron chi connectivity index (χ4n) is 6.05. The van der Waals surface area contributed by atoms with Crippen LogP contribution in [0.3, 0.4) is 0 Å². The van der Waals surface area contributed by atoms with Crippen LogP contribution in [0.15, 0.2) is 48.5 Å². The predicted molar refractivity (Wildman–Crippen MR) is 142 cm³/mol. The Balaban J connectivity index is 1.25. The number of hydrogen-bond donors (Lipinski definition) is 0. The quantitative estimate of drug-likeness (QED) is 0.141. The zero-order valence-corrected chi connectivity index (χ0v) is 22.6. The summed E-state index contributed by atoms with van der Waals surface area (Å²) < 4.78 is 5.33. The van der Waals surface area contributed by atoms with Crippen LogP contribution in [-0.4, -0.2) is 35.8 Å². The Bertz CT molecular complexity index is 1380. The molecule has 37 heavy (non-hydrogen) atoms. The minimum absolute atomic E-state index is 0.0811. The molecule has 7 rings (SSSR count). The Labute approximate surface area is 237 Å². The lowest BCUT2D eigenvalue weighted by Crippen LogP contribution is -2.41. The lowest BCUT2D eigenvalue weighted by Gasteiger charge is -2.45. The number of nitrogens with zero attached hydrogens (tertiary/aromatic N) is 1. The van der Waals surface area contributed by atoms with E-state index in [2.05, 4.69) is 0 Å². The Kier molecular flexibility index (Phi) is 6.21. The fourth-order valence-corrected chi connectivity index (χ4v) is 7.34. The van der Waals surface area contributed by atoms with E-state index >= 15 is 0 Å². The third kappa shape index (κ3) is 3.55. The number of carbonyl (C=O) groups is 3. The molecule has 188 valence electrons. The number of amides is 2. The molecule has 0 unspecified atom stereocenters. The van der Waals surface area contributed by atoms with Crippen LogP contribution in [0, 0.1) is 11.8 Å². The summed E-state index contributed by atoms with van der Waals surface area (Å²) in [6.07, 6.45) is 0. The van der Waals surface area contributed by atoms with Crippen LogP contribution >= 0.6 is 58.0 Å². The first-order chi connectivity index (χ1) is 17.7. The van der Waals surface area contributed by atoms with Gasteiger partial charge in [0.25, 0.3) is 0 Å². The lowest BCUT2D eigenvalue weighted by atomic mass is 9.55. The number of halogens is 5. The Morgan fingerprint density at radius 2 is 1.05 bits per heavy atom. The second-order valence-electron chi connectivity index (χ2n) is 9.17. The first-order valence-corrected chi connectivity index (χ1v) is 13.3. The average molecular weight is 596 g/mol. The second-order valence-corrected chi connectivity index (χ2v) is 11.1. The maximum Gasteiger partial charge on any atom is 0.341 e. The van der Waals surface area contributed by atoms with Gasteiger partial charge in [0.1, 0.15) is 6.61 Å². The van der Waals surface area contributed by atoms with E-state index in [0.717, 1.165) is 22.3 Å². The molecule has 2 bridgehead atoms. The molecule has 3 aromatic carbocycles. The summed E-state index contributed by atoms with van der Waals surface area (Å²) in [5.74, 6) is -2.85. The van der Waals surface area contributed by atoms with Crippen LogP contribution in [0.5, 0.6) is 0 Å². The van der Waals surface area contributed by atoms with Crippen molar-refractivity contribution < 1.29 is 19.1 Å². The molecular formula is C27H16Cl5NO4. The molecule has 5 nitrogen and oxygen atoms in total. The summed E-state index contributed by atoms with van der Waals surface area (Å²) in [6, 6.07) is 16.0. The molecule has 0 aromatic heterocycles. The van der Waals surface area contributed by atoms with Crippen LogP contribution in [-0.2, 0) is 14.3 Å². The van der Waals surface area contributed by atoms with E-state index in [4.69, 9.17) is 62.7 Å². The molecule has 10 heteroatoms. The highest BCUT2D eigenvalue weighted by Crippen LogP contribution is 2.60. The predicted octanol–water partition coefficient (Wildman–Crippen LogP) is 7.00. The van der Waals surface area contributed by atoms with Crippen LogP contribution in [0.2, 0.25) is 25.1 Å². The summed E-state index contributed by atoms with van der Waals surface area (Å²) in [5.41, 5.74) is 4.11. The van der Waals surface area contributed by atoms with Crippen molar-refractivity contribution in [3.05, 3.63) is 101 Å². The molecule has 0 spiro atoms. The average Bonchev–Trinajstić information content (AvgIpc) is 3.16. The topological polar surface area (TPSA) is 63.7 Å². The van der Waals surface area contributed by atoms with Gasteiger partial charge in [-0.2, -0.15) is 0 Å². The largest absolute Gasteiger partial charge is 0.460 e. The SMILES string of the molecule is O=C(OCCN1C(=O)[C@@H]2C3c4ccccc4C(c4ccccc43)[C@@H]2C1=O)c1c(Cl)c(Cl)c(Cl)c(Cl)c1Cl. The number of imide groups is 1. The number of likely N-dealkylation sites (tertiary alicyclic amines) is 1. The Morgan fingerprint density at radius 1 is 0.676 bits per heavy atom. The molecule has 1 aliphatic heterocycles. The van der Waals surface area contributed by atoms with Crippen LogP contribution in [0.25, 0.3) is 0 Å². The highest BCUT2D eigenvalue weighted by Gasteiger charge is 2.61. The summed E-state index contributed by atoms with van der Waals surface area (Å²) in [5, 5.41) is -0.737. The van der Waals surface area contributed by atoms with Crippen molar-refractivity contribution in [1.82, 2.24) is 4.90 Å². The Hall–Kier alpha value is -2.28. The molecule has 4 aliphatic rings. The van der Waals surface area contributed by atoms with Crippen molar-refractivity contribution in [2.45, 2.75) is 11.8 Å². The minimum Gasteiger partial charge on any atom is -0.460 e. The number of hydrogen-bond acceptors (Lipinski definition) is 4. The summed E-state index contributed by atoms with van der Waals surface area (Å²) in [4.78, 5) is 41.2. The van der Waals surface area contributed by atoms with Gasteiger partial charge in [0.05, 0.1) is 49.1 Å². The van der Waals surface area contributed by atoms with Crippen molar-refractivity contribution in [3.63, 3.8) is 0 Å². The van der Waals surface area contributed by atoms with Gasteiger partial charge >= 0.3 is 5.97 Å². The summed E-state index contributed by atoms with van der Waals surface area (Å²) in [6.45, 7) is -0.359. The van der Waals surface area contributed by atoms with Crippen molar-refractivity contribution in [1.29, 1.82) is 0 Å². The maximum atomic E-state index is 13.6. The van der Waals surface area contributed by atoms with E-state index in [1.165, 1.54) is 4.90 Å². The zero-order valence-electron chi connectivity index (χ0n) is 18.8. The molecule has 2 amide bonds. The van der Waals surface area contributed by atoms with Gasteiger partial charge in [-0.1, -0.05) is 107 Å². The Morgan fingerprint density at radius 3 is 1.46 bits per heavy atom. The lowest BCUT2D eigenvalue weighted by molar-refractivity contribution is -0.140. The third-order valence-electron chi connectivity index (χ3n) is 7.50. The van der Waals surface area contributed by atoms with Gasteiger partial charge < -0.3 is 4.74 Å². The fraction of sp³-hybridized carbons (Fsp3) is 0.222. The van der Waals surface area contributed by atoms with Gasteiger partial charge in [0.15, 0.2) is 0 Å². The minimum atomic E-state index is -0.896. The monoisotopic (exact) mass is 593 g/mol. The van der Waals surface area contributed by atoms with Crippen LogP contribution in [0.4, 0.5) is 0 Å². The van der Waals surface area contributed by atoms with Crippen molar-refractivity contribution in [2.75, 3.05) is 13.2 Å².